The molecule has 0 radical (unpaired) electrons. The van der Waals surface area contributed by atoms with Crippen LogP contribution in [0.4, 0.5) is 0 Å². The summed E-state index contributed by atoms with van der Waals surface area (Å²) in [6.07, 6.45) is 0. The second-order valence-corrected chi connectivity index (χ2v) is 10.2. The van der Waals surface area contributed by atoms with Crippen molar-refractivity contribution in [3.05, 3.63) is 130 Å². The zero-order valence-corrected chi connectivity index (χ0v) is 22.3. The van der Waals surface area contributed by atoms with Gasteiger partial charge < -0.3 is 4.48 Å². The van der Waals surface area contributed by atoms with Crippen LogP contribution in [0.1, 0.15) is 33.4 Å². The van der Waals surface area contributed by atoms with Crippen molar-refractivity contribution in [3.8, 4) is 22.5 Å². The Labute approximate surface area is 216 Å². The summed E-state index contributed by atoms with van der Waals surface area (Å²) >= 11 is 0. The highest BCUT2D eigenvalue weighted by molar-refractivity contribution is 6.85. The number of hydrogen-bond acceptors (Lipinski definition) is 0. The van der Waals surface area contributed by atoms with Gasteiger partial charge in [0.15, 0.2) is 0 Å². The summed E-state index contributed by atoms with van der Waals surface area (Å²) in [4.78, 5) is 0. The molecule has 1 nitrogen and oxygen atoms in total. The maximum absolute atomic E-state index is 2.58. The average Bonchev–Trinajstić information content (AvgIpc) is 3.28. The van der Waals surface area contributed by atoms with Gasteiger partial charge in [-0.3, -0.25) is 0 Å². The van der Waals surface area contributed by atoms with Gasteiger partial charge in [-0.1, -0.05) is 118 Å². The van der Waals surface area contributed by atoms with Crippen molar-refractivity contribution in [2.24, 2.45) is 0 Å². The van der Waals surface area contributed by atoms with Crippen LogP contribution in [0, 0.1) is 41.5 Å². The van der Waals surface area contributed by atoms with Crippen LogP contribution in [-0.2, 0) is 0 Å². The lowest BCUT2D eigenvalue weighted by atomic mass is 9.46. The van der Waals surface area contributed by atoms with Gasteiger partial charge in [0, 0.05) is 11.4 Å². The lowest BCUT2D eigenvalue weighted by Crippen LogP contribution is -2.53. The molecule has 0 spiro atoms. The number of nitrogens with zero attached hydrogens (tertiary/aromatic N) is 1. The van der Waals surface area contributed by atoms with Crippen LogP contribution in [0.3, 0.4) is 0 Å². The number of aryl methyl sites for hydroxylation is 6. The largest absolute Gasteiger partial charge is 0.376 e. The van der Waals surface area contributed by atoms with Crippen LogP contribution < -0.4 is 10.9 Å². The fourth-order valence-electron chi connectivity index (χ4n) is 6.06. The standard InChI is InChI=1S/C34H34BN/c1-23-19-25(3)33(26(4)20-23)35(34-27(5)21-24(2)22-28(34)6)36-31(29-13-9-7-10-14-29)17-18-32(36)30-15-11-8-12-16-30/h7-22H,1-6H3. The van der Waals surface area contributed by atoms with Crippen molar-refractivity contribution in [1.29, 1.82) is 0 Å². The van der Waals surface area contributed by atoms with Gasteiger partial charge in [-0.15, -0.1) is 0 Å². The summed E-state index contributed by atoms with van der Waals surface area (Å²) in [7, 11) is 0. The summed E-state index contributed by atoms with van der Waals surface area (Å²) in [6, 6.07) is 35.5. The monoisotopic (exact) mass is 467 g/mol. The van der Waals surface area contributed by atoms with E-state index in [0.29, 0.717) is 0 Å². The van der Waals surface area contributed by atoms with Crippen molar-refractivity contribution < 1.29 is 0 Å². The van der Waals surface area contributed by atoms with Gasteiger partial charge in [-0.05, 0) is 75.7 Å². The molecule has 0 fully saturated rings. The first kappa shape index (κ1) is 23.9. The fraction of sp³-hybridized carbons (Fsp3) is 0.176. The summed E-state index contributed by atoms with van der Waals surface area (Å²) in [6.45, 7) is 13.5. The van der Waals surface area contributed by atoms with Gasteiger partial charge in [-0.2, -0.15) is 0 Å². The molecule has 178 valence electrons. The number of hydrogen-bond donors (Lipinski definition) is 0. The third-order valence-electron chi connectivity index (χ3n) is 7.34. The van der Waals surface area contributed by atoms with Crippen LogP contribution >= 0.6 is 0 Å². The number of rotatable bonds is 5. The van der Waals surface area contributed by atoms with E-state index in [1.165, 1.54) is 66.8 Å². The van der Waals surface area contributed by atoms with E-state index >= 15 is 0 Å². The highest BCUT2D eigenvalue weighted by atomic mass is 14.9. The maximum atomic E-state index is 2.58. The molecule has 36 heavy (non-hydrogen) atoms. The third kappa shape index (κ3) is 4.33. The Kier molecular flexibility index (Phi) is 6.45. The van der Waals surface area contributed by atoms with Crippen LogP contribution in [0.2, 0.25) is 0 Å². The molecule has 4 aromatic carbocycles. The summed E-state index contributed by atoms with van der Waals surface area (Å²) in [5.41, 5.74) is 15.7. The molecular formula is C34H34BN. The molecule has 0 atom stereocenters. The molecule has 1 heterocycles. The summed E-state index contributed by atoms with van der Waals surface area (Å²) in [5.74, 6) is 0. The molecule has 0 aliphatic rings. The van der Waals surface area contributed by atoms with Gasteiger partial charge in [-0.25, -0.2) is 0 Å². The Morgan fingerprint density at radius 3 is 1.11 bits per heavy atom. The molecule has 0 unspecified atom stereocenters. The average molecular weight is 467 g/mol. The van der Waals surface area contributed by atoms with E-state index in [1.54, 1.807) is 0 Å². The third-order valence-corrected chi connectivity index (χ3v) is 7.34. The summed E-state index contributed by atoms with van der Waals surface area (Å²) < 4.78 is 2.58. The fourth-order valence-corrected chi connectivity index (χ4v) is 6.06. The van der Waals surface area contributed by atoms with Crippen molar-refractivity contribution in [1.82, 2.24) is 4.48 Å². The predicted molar refractivity (Wildman–Crippen MR) is 157 cm³/mol. The van der Waals surface area contributed by atoms with E-state index in [4.69, 9.17) is 0 Å². The number of benzene rings is 4. The first-order valence-corrected chi connectivity index (χ1v) is 12.8. The van der Waals surface area contributed by atoms with Gasteiger partial charge >= 0.3 is 6.85 Å². The minimum absolute atomic E-state index is 0.0478. The Hall–Kier alpha value is -3.78. The first-order valence-electron chi connectivity index (χ1n) is 12.8. The topological polar surface area (TPSA) is 4.93 Å². The molecule has 0 aliphatic heterocycles. The van der Waals surface area contributed by atoms with Gasteiger partial charge in [0.2, 0.25) is 0 Å². The Bertz CT molecular complexity index is 1370. The highest BCUT2D eigenvalue weighted by Crippen LogP contribution is 2.30. The summed E-state index contributed by atoms with van der Waals surface area (Å²) in [5, 5.41) is 0. The molecule has 1 aromatic heterocycles. The highest BCUT2D eigenvalue weighted by Gasteiger charge is 2.32. The maximum Gasteiger partial charge on any atom is 0.329 e. The molecule has 0 saturated carbocycles. The molecule has 0 amide bonds. The zero-order valence-electron chi connectivity index (χ0n) is 22.3. The lowest BCUT2D eigenvalue weighted by Gasteiger charge is -2.28. The van der Waals surface area contributed by atoms with E-state index in [1.807, 2.05) is 0 Å². The van der Waals surface area contributed by atoms with Gasteiger partial charge in [0.05, 0.1) is 0 Å². The van der Waals surface area contributed by atoms with E-state index in [9.17, 15) is 0 Å². The normalized spacial score (nSPS) is 11.1. The quantitative estimate of drug-likeness (QED) is 0.239. The van der Waals surface area contributed by atoms with Crippen molar-refractivity contribution >= 4 is 17.8 Å². The van der Waals surface area contributed by atoms with Crippen molar-refractivity contribution in [2.45, 2.75) is 41.5 Å². The molecule has 2 heteroatoms. The second kappa shape index (κ2) is 9.70. The lowest BCUT2D eigenvalue weighted by molar-refractivity contribution is 1.21. The van der Waals surface area contributed by atoms with Gasteiger partial charge in [0.1, 0.15) is 0 Å². The molecule has 0 bridgehead atoms. The molecule has 5 rings (SSSR count). The minimum Gasteiger partial charge on any atom is -0.376 e. The van der Waals surface area contributed by atoms with Crippen LogP contribution in [-0.4, -0.2) is 11.3 Å². The molecule has 0 saturated heterocycles. The zero-order chi connectivity index (χ0) is 25.4. The SMILES string of the molecule is Cc1cc(C)c(B(c2c(C)cc(C)cc2C)n2c(-c3ccccc3)ccc2-c2ccccc2)c(C)c1. The molecular weight excluding hydrogens is 433 g/mol. The Morgan fingerprint density at radius 2 is 0.778 bits per heavy atom. The van der Waals surface area contributed by atoms with Crippen molar-refractivity contribution in [2.75, 3.05) is 0 Å². The van der Waals surface area contributed by atoms with E-state index in [-0.39, 0.29) is 6.85 Å². The smallest absolute Gasteiger partial charge is 0.329 e. The molecule has 0 aliphatic carbocycles. The van der Waals surface area contributed by atoms with Gasteiger partial charge in [0.25, 0.3) is 0 Å². The van der Waals surface area contributed by atoms with Crippen molar-refractivity contribution in [3.63, 3.8) is 0 Å². The first-order chi connectivity index (χ1) is 17.3. The molecule has 0 N–H and O–H groups in total. The Morgan fingerprint density at radius 1 is 0.444 bits per heavy atom. The van der Waals surface area contributed by atoms with E-state index in [2.05, 4.69) is 143 Å². The van der Waals surface area contributed by atoms with Crippen LogP contribution in [0.25, 0.3) is 22.5 Å². The Balaban J connectivity index is 1.92. The van der Waals surface area contributed by atoms with E-state index in [0.717, 1.165) is 0 Å². The van der Waals surface area contributed by atoms with E-state index < -0.39 is 0 Å². The van der Waals surface area contributed by atoms with Crippen LogP contribution in [0.15, 0.2) is 97.1 Å². The minimum atomic E-state index is 0.0478. The second-order valence-electron chi connectivity index (χ2n) is 10.2. The molecule has 5 aromatic rings. The number of aromatic nitrogens is 1. The predicted octanol–water partition coefficient (Wildman–Crippen LogP) is 7.33. The van der Waals surface area contributed by atoms with Crippen LogP contribution in [0.5, 0.6) is 0 Å².